The van der Waals surface area contributed by atoms with E-state index in [0.29, 0.717) is 0 Å². The first-order chi connectivity index (χ1) is 10.5. The number of piperazine rings is 1. The molecule has 0 aromatic carbocycles. The summed E-state index contributed by atoms with van der Waals surface area (Å²) >= 11 is 0. The SMILES string of the molecule is CC(C)(C)OC(=O)N1CCN(CC(=O)O)C(=O)[C@@H]1CCC(=O)O. The van der Waals surface area contributed by atoms with Crippen LogP contribution >= 0.6 is 0 Å². The lowest BCUT2D eigenvalue weighted by atomic mass is 10.1. The number of rotatable bonds is 5. The maximum absolute atomic E-state index is 12.4. The summed E-state index contributed by atoms with van der Waals surface area (Å²) in [7, 11) is 0. The number of nitrogens with zero attached hydrogens (tertiary/aromatic N) is 2. The minimum Gasteiger partial charge on any atom is -0.481 e. The van der Waals surface area contributed by atoms with E-state index in [9.17, 15) is 19.2 Å². The standard InChI is InChI=1S/C14H22N2O7/c1-14(2,3)23-13(22)16-7-6-15(8-11(19)20)12(21)9(16)4-5-10(17)18/h9H,4-8H2,1-3H3,(H,17,18)(H,19,20)/t9-/m0/s1. The van der Waals surface area contributed by atoms with Crippen LogP contribution in [-0.4, -0.2) is 75.2 Å². The Hall–Kier alpha value is -2.32. The third-order valence-corrected chi connectivity index (χ3v) is 3.17. The lowest BCUT2D eigenvalue weighted by Gasteiger charge is -2.40. The van der Waals surface area contributed by atoms with E-state index in [1.54, 1.807) is 20.8 Å². The molecule has 0 aromatic heterocycles. The Morgan fingerprint density at radius 3 is 2.26 bits per heavy atom. The average Bonchev–Trinajstić information content (AvgIpc) is 2.36. The molecule has 0 unspecified atom stereocenters. The largest absolute Gasteiger partial charge is 0.481 e. The van der Waals surface area contributed by atoms with Crippen LogP contribution in [0.4, 0.5) is 4.79 Å². The highest BCUT2D eigenvalue weighted by Gasteiger charge is 2.39. The van der Waals surface area contributed by atoms with Crippen molar-refractivity contribution in [1.82, 2.24) is 9.80 Å². The van der Waals surface area contributed by atoms with E-state index in [0.717, 1.165) is 4.90 Å². The Morgan fingerprint density at radius 1 is 1.17 bits per heavy atom. The highest BCUT2D eigenvalue weighted by atomic mass is 16.6. The fourth-order valence-electron chi connectivity index (χ4n) is 2.24. The number of aliphatic carboxylic acids is 2. The molecular weight excluding hydrogens is 308 g/mol. The lowest BCUT2D eigenvalue weighted by Crippen LogP contribution is -2.60. The van der Waals surface area contributed by atoms with Crippen molar-refractivity contribution in [2.45, 2.75) is 45.3 Å². The van der Waals surface area contributed by atoms with Gasteiger partial charge in [0.15, 0.2) is 0 Å². The van der Waals surface area contributed by atoms with E-state index in [-0.39, 0.29) is 25.9 Å². The van der Waals surface area contributed by atoms with Crippen LogP contribution in [-0.2, 0) is 19.1 Å². The maximum Gasteiger partial charge on any atom is 0.411 e. The number of carbonyl (C=O) groups excluding carboxylic acids is 2. The minimum absolute atomic E-state index is 0.0634. The topological polar surface area (TPSA) is 124 Å². The van der Waals surface area contributed by atoms with Crippen molar-refractivity contribution in [3.63, 3.8) is 0 Å². The Morgan fingerprint density at radius 2 is 1.78 bits per heavy atom. The summed E-state index contributed by atoms with van der Waals surface area (Å²) in [5.41, 5.74) is -0.754. The molecule has 1 rings (SSSR count). The smallest absolute Gasteiger partial charge is 0.411 e. The molecule has 0 aromatic rings. The molecule has 0 spiro atoms. The van der Waals surface area contributed by atoms with Crippen molar-refractivity contribution in [3.05, 3.63) is 0 Å². The van der Waals surface area contributed by atoms with Gasteiger partial charge in [-0.3, -0.25) is 19.3 Å². The first-order valence-corrected chi connectivity index (χ1v) is 7.23. The van der Waals surface area contributed by atoms with Crippen LogP contribution in [0.2, 0.25) is 0 Å². The van der Waals surface area contributed by atoms with Gasteiger partial charge in [-0.2, -0.15) is 0 Å². The monoisotopic (exact) mass is 330 g/mol. The van der Waals surface area contributed by atoms with E-state index in [4.69, 9.17) is 14.9 Å². The minimum atomic E-state index is -1.17. The number of carbonyl (C=O) groups is 4. The Balaban J connectivity index is 2.91. The number of hydrogen-bond acceptors (Lipinski definition) is 5. The summed E-state index contributed by atoms with van der Waals surface area (Å²) in [6.07, 6.45) is -1.11. The molecule has 2 N–H and O–H groups in total. The van der Waals surface area contributed by atoms with E-state index in [1.807, 2.05) is 0 Å². The molecule has 1 fully saturated rings. The van der Waals surface area contributed by atoms with E-state index in [2.05, 4.69) is 0 Å². The molecular formula is C14H22N2O7. The number of amides is 2. The van der Waals surface area contributed by atoms with Gasteiger partial charge in [-0.1, -0.05) is 0 Å². The van der Waals surface area contributed by atoms with Crippen LogP contribution in [0.5, 0.6) is 0 Å². The maximum atomic E-state index is 12.4. The molecule has 9 nitrogen and oxygen atoms in total. The Labute approximate surface area is 133 Å². The van der Waals surface area contributed by atoms with Gasteiger partial charge in [0.05, 0.1) is 0 Å². The molecule has 9 heteroatoms. The summed E-state index contributed by atoms with van der Waals surface area (Å²) in [6.45, 7) is 4.72. The van der Waals surface area contributed by atoms with Crippen LogP contribution in [0.25, 0.3) is 0 Å². The third-order valence-electron chi connectivity index (χ3n) is 3.17. The predicted molar refractivity (Wildman–Crippen MR) is 77.8 cm³/mol. The van der Waals surface area contributed by atoms with Gasteiger partial charge in [0.25, 0.3) is 0 Å². The zero-order chi connectivity index (χ0) is 17.8. The molecule has 1 heterocycles. The van der Waals surface area contributed by atoms with E-state index >= 15 is 0 Å². The molecule has 0 bridgehead atoms. The predicted octanol–water partition coefficient (Wildman–Crippen LogP) is 0.384. The van der Waals surface area contributed by atoms with Crippen LogP contribution in [0.15, 0.2) is 0 Å². The fourth-order valence-corrected chi connectivity index (χ4v) is 2.24. The highest BCUT2D eigenvalue weighted by molar-refractivity contribution is 5.89. The second kappa shape index (κ2) is 7.30. The van der Waals surface area contributed by atoms with Gasteiger partial charge in [0, 0.05) is 19.5 Å². The highest BCUT2D eigenvalue weighted by Crippen LogP contribution is 2.20. The first kappa shape index (κ1) is 18.7. The molecule has 1 aliphatic rings. The number of carboxylic acid groups (broad SMARTS) is 2. The van der Waals surface area contributed by atoms with Crippen molar-refractivity contribution in [1.29, 1.82) is 0 Å². The van der Waals surface area contributed by atoms with Gasteiger partial charge in [0.2, 0.25) is 5.91 Å². The molecule has 0 radical (unpaired) electrons. The molecule has 0 saturated carbocycles. The zero-order valence-electron chi connectivity index (χ0n) is 13.4. The van der Waals surface area contributed by atoms with Gasteiger partial charge >= 0.3 is 18.0 Å². The number of hydrogen-bond donors (Lipinski definition) is 2. The summed E-state index contributed by atoms with van der Waals surface area (Å²) in [5.74, 6) is -2.84. The lowest BCUT2D eigenvalue weighted by molar-refractivity contribution is -0.150. The third kappa shape index (κ3) is 5.76. The summed E-state index contributed by atoms with van der Waals surface area (Å²) < 4.78 is 5.23. The second-order valence-electron chi connectivity index (χ2n) is 6.28. The summed E-state index contributed by atoms with van der Waals surface area (Å²) in [5, 5.41) is 17.6. The molecule has 1 saturated heterocycles. The van der Waals surface area contributed by atoms with Gasteiger partial charge in [0.1, 0.15) is 18.2 Å². The molecule has 1 atom stereocenters. The number of carboxylic acids is 2. The summed E-state index contributed by atoms with van der Waals surface area (Å²) in [4.78, 5) is 48.4. The fraction of sp³-hybridized carbons (Fsp3) is 0.714. The van der Waals surface area contributed by atoms with E-state index < -0.39 is 42.1 Å². The van der Waals surface area contributed by atoms with Crippen molar-refractivity contribution in [2.24, 2.45) is 0 Å². The zero-order valence-corrected chi connectivity index (χ0v) is 13.4. The Bertz CT molecular complexity index is 498. The summed E-state index contributed by atoms with van der Waals surface area (Å²) in [6, 6.07) is -1.03. The van der Waals surface area contributed by atoms with Crippen molar-refractivity contribution in [2.75, 3.05) is 19.6 Å². The van der Waals surface area contributed by atoms with Crippen LogP contribution in [0.3, 0.4) is 0 Å². The van der Waals surface area contributed by atoms with Crippen molar-refractivity contribution >= 4 is 23.9 Å². The van der Waals surface area contributed by atoms with E-state index in [1.165, 1.54) is 4.90 Å². The second-order valence-corrected chi connectivity index (χ2v) is 6.28. The van der Waals surface area contributed by atoms with Crippen LogP contribution in [0, 0.1) is 0 Å². The van der Waals surface area contributed by atoms with Gasteiger partial charge in [-0.05, 0) is 27.2 Å². The van der Waals surface area contributed by atoms with Gasteiger partial charge in [-0.25, -0.2) is 4.79 Å². The molecule has 0 aliphatic carbocycles. The quantitative estimate of drug-likeness (QED) is 0.746. The number of ether oxygens (including phenoxy) is 1. The molecule has 1 aliphatic heterocycles. The van der Waals surface area contributed by atoms with Crippen molar-refractivity contribution in [3.8, 4) is 0 Å². The Kier molecular flexibility index (Phi) is 5.94. The molecule has 23 heavy (non-hydrogen) atoms. The molecule has 130 valence electrons. The molecule has 2 amide bonds. The van der Waals surface area contributed by atoms with Gasteiger partial charge in [-0.15, -0.1) is 0 Å². The van der Waals surface area contributed by atoms with Gasteiger partial charge < -0.3 is 19.8 Å². The first-order valence-electron chi connectivity index (χ1n) is 7.23. The van der Waals surface area contributed by atoms with Crippen LogP contribution < -0.4 is 0 Å². The normalized spacial score (nSPS) is 18.7. The van der Waals surface area contributed by atoms with Crippen molar-refractivity contribution < 1.29 is 34.1 Å². The van der Waals surface area contributed by atoms with Crippen LogP contribution in [0.1, 0.15) is 33.6 Å². The average molecular weight is 330 g/mol.